The zero-order valence-electron chi connectivity index (χ0n) is 10.8. The molecule has 0 amide bonds. The fourth-order valence-electron chi connectivity index (χ4n) is 1.65. The molecule has 2 rings (SSSR count). The zero-order valence-corrected chi connectivity index (χ0v) is 12.9. The topological polar surface area (TPSA) is 59.1 Å². The van der Waals surface area contributed by atoms with Crippen LogP contribution in [0.3, 0.4) is 0 Å². The number of ether oxygens (including phenoxy) is 1. The highest BCUT2D eigenvalue weighted by atomic mass is 127. The van der Waals surface area contributed by atoms with Gasteiger partial charge in [-0.15, -0.1) is 0 Å². The van der Waals surface area contributed by atoms with Crippen LogP contribution in [0, 0.1) is 3.57 Å². The van der Waals surface area contributed by atoms with E-state index in [2.05, 4.69) is 43.2 Å². The first-order chi connectivity index (χ1) is 9.24. The van der Waals surface area contributed by atoms with Gasteiger partial charge in [0.25, 0.3) is 0 Å². The lowest BCUT2D eigenvalue weighted by atomic mass is 10.3. The molecule has 2 aromatic rings. The highest BCUT2D eigenvalue weighted by Crippen LogP contribution is 2.31. The summed E-state index contributed by atoms with van der Waals surface area (Å²) >= 11 is 2.27. The Kier molecular flexibility index (Phi) is 4.78. The third-order valence-electron chi connectivity index (χ3n) is 2.44. The molecule has 0 unspecified atom stereocenters. The number of anilines is 3. The summed E-state index contributed by atoms with van der Waals surface area (Å²) in [6, 6.07) is 8.04. The van der Waals surface area contributed by atoms with Crippen LogP contribution in [0.15, 0.2) is 30.6 Å². The van der Waals surface area contributed by atoms with E-state index in [9.17, 15) is 0 Å². The van der Waals surface area contributed by atoms with Gasteiger partial charge >= 0.3 is 0 Å². The van der Waals surface area contributed by atoms with Gasteiger partial charge in [0.15, 0.2) is 11.6 Å². The van der Waals surface area contributed by atoms with Gasteiger partial charge in [0.1, 0.15) is 6.33 Å². The van der Waals surface area contributed by atoms with Crippen molar-refractivity contribution in [2.45, 2.75) is 6.92 Å². The second kappa shape index (κ2) is 6.55. The van der Waals surface area contributed by atoms with Crippen molar-refractivity contribution in [3.8, 4) is 5.75 Å². The highest BCUT2D eigenvalue weighted by Gasteiger charge is 2.11. The molecule has 100 valence electrons. The maximum absolute atomic E-state index is 5.38. The number of hydrogen-bond donors (Lipinski definition) is 2. The van der Waals surface area contributed by atoms with Crippen molar-refractivity contribution in [1.29, 1.82) is 0 Å². The molecule has 0 aliphatic carbocycles. The monoisotopic (exact) mass is 370 g/mol. The van der Waals surface area contributed by atoms with Gasteiger partial charge in [-0.3, -0.25) is 0 Å². The van der Waals surface area contributed by atoms with Crippen LogP contribution in [-0.2, 0) is 0 Å². The Bertz CT molecular complexity index is 562. The molecule has 1 heterocycles. The lowest BCUT2D eigenvalue weighted by Gasteiger charge is -2.13. The smallest absolute Gasteiger partial charge is 0.204 e. The van der Waals surface area contributed by atoms with Crippen LogP contribution in [-0.4, -0.2) is 23.6 Å². The van der Waals surface area contributed by atoms with E-state index >= 15 is 0 Å². The molecule has 2 N–H and O–H groups in total. The van der Waals surface area contributed by atoms with Crippen molar-refractivity contribution in [2.75, 3.05) is 24.3 Å². The minimum atomic E-state index is 0.614. The van der Waals surface area contributed by atoms with Crippen LogP contribution in [0.5, 0.6) is 5.75 Å². The molecule has 0 fully saturated rings. The van der Waals surface area contributed by atoms with E-state index in [-0.39, 0.29) is 0 Å². The number of nitrogens with zero attached hydrogens (tertiary/aromatic N) is 2. The Morgan fingerprint density at radius 1 is 1.26 bits per heavy atom. The summed E-state index contributed by atoms with van der Waals surface area (Å²) in [6.07, 6.45) is 1.51. The first kappa shape index (κ1) is 13.9. The van der Waals surface area contributed by atoms with Crippen LogP contribution in [0.2, 0.25) is 0 Å². The summed E-state index contributed by atoms with van der Waals surface area (Å²) < 4.78 is 6.53. The van der Waals surface area contributed by atoms with Gasteiger partial charge < -0.3 is 15.4 Å². The summed E-state index contributed by atoms with van der Waals surface area (Å²) in [5.41, 5.74) is 0.964. The van der Waals surface area contributed by atoms with Gasteiger partial charge in [-0.25, -0.2) is 9.97 Å². The maximum Gasteiger partial charge on any atom is 0.204 e. The number of nitrogens with one attached hydrogen (secondary N) is 2. The van der Waals surface area contributed by atoms with Crippen LogP contribution < -0.4 is 15.4 Å². The first-order valence-corrected chi connectivity index (χ1v) is 6.98. The Morgan fingerprint density at radius 2 is 2.05 bits per heavy atom. The molecular formula is C13H15IN4O. The van der Waals surface area contributed by atoms with E-state index in [0.29, 0.717) is 17.4 Å². The third kappa shape index (κ3) is 3.46. The number of hydrogen-bond acceptors (Lipinski definition) is 5. The van der Waals surface area contributed by atoms with Crippen LogP contribution in [0.1, 0.15) is 6.92 Å². The summed E-state index contributed by atoms with van der Waals surface area (Å²) in [7, 11) is 1.61. The molecule has 0 saturated carbocycles. The Hall–Kier alpha value is -1.57. The molecule has 0 spiro atoms. The average molecular weight is 370 g/mol. The van der Waals surface area contributed by atoms with Gasteiger partial charge in [-0.1, -0.05) is 6.07 Å². The molecule has 0 bridgehead atoms. The predicted molar refractivity (Wildman–Crippen MR) is 85.2 cm³/mol. The standard InChI is InChI=1S/C13H15IN4O/c1-3-15-12-11(19-2)13(17-8-16-12)18-10-6-4-5-9(14)7-10/h4-8H,3H2,1-2H3,(H2,15,16,17,18). The van der Waals surface area contributed by atoms with Crippen LogP contribution in [0.25, 0.3) is 0 Å². The molecule has 19 heavy (non-hydrogen) atoms. The Balaban J connectivity index is 2.31. The molecule has 0 aliphatic heterocycles. The van der Waals surface area contributed by atoms with Gasteiger partial charge in [-0.05, 0) is 47.7 Å². The molecule has 1 aromatic heterocycles. The maximum atomic E-state index is 5.38. The molecule has 5 nitrogen and oxygen atoms in total. The fraction of sp³-hybridized carbons (Fsp3) is 0.231. The summed E-state index contributed by atoms with van der Waals surface area (Å²) in [6.45, 7) is 2.78. The second-order valence-corrected chi connectivity index (χ2v) is 5.02. The summed E-state index contributed by atoms with van der Waals surface area (Å²) in [4.78, 5) is 8.40. The quantitative estimate of drug-likeness (QED) is 0.792. The van der Waals surface area contributed by atoms with E-state index in [1.165, 1.54) is 6.33 Å². The Morgan fingerprint density at radius 3 is 2.74 bits per heavy atom. The summed E-state index contributed by atoms with van der Waals surface area (Å²) in [5, 5.41) is 6.39. The molecule has 0 aliphatic rings. The minimum absolute atomic E-state index is 0.614. The fourth-order valence-corrected chi connectivity index (χ4v) is 2.20. The number of aromatic nitrogens is 2. The lowest BCUT2D eigenvalue weighted by molar-refractivity contribution is 0.415. The van der Waals surface area contributed by atoms with Crippen molar-refractivity contribution in [3.05, 3.63) is 34.2 Å². The van der Waals surface area contributed by atoms with Crippen molar-refractivity contribution in [1.82, 2.24) is 9.97 Å². The van der Waals surface area contributed by atoms with Crippen molar-refractivity contribution < 1.29 is 4.74 Å². The number of benzene rings is 1. The van der Waals surface area contributed by atoms with Crippen molar-refractivity contribution in [3.63, 3.8) is 0 Å². The lowest BCUT2D eigenvalue weighted by Crippen LogP contribution is -2.05. The molecular weight excluding hydrogens is 355 g/mol. The van der Waals surface area contributed by atoms with Gasteiger partial charge in [-0.2, -0.15) is 0 Å². The van der Waals surface area contributed by atoms with Crippen LogP contribution in [0.4, 0.5) is 17.3 Å². The first-order valence-electron chi connectivity index (χ1n) is 5.90. The molecule has 0 radical (unpaired) electrons. The van der Waals surface area contributed by atoms with E-state index in [0.717, 1.165) is 15.8 Å². The number of methoxy groups -OCH3 is 1. The number of halogens is 1. The third-order valence-corrected chi connectivity index (χ3v) is 3.11. The van der Waals surface area contributed by atoms with Crippen molar-refractivity contribution in [2.24, 2.45) is 0 Å². The zero-order chi connectivity index (χ0) is 13.7. The second-order valence-electron chi connectivity index (χ2n) is 3.77. The molecule has 0 saturated heterocycles. The summed E-state index contributed by atoms with van der Waals surface area (Å²) in [5.74, 6) is 1.95. The van der Waals surface area contributed by atoms with Gasteiger partial charge in [0, 0.05) is 15.8 Å². The van der Waals surface area contributed by atoms with Gasteiger partial charge in [0.05, 0.1) is 7.11 Å². The van der Waals surface area contributed by atoms with E-state index in [1.54, 1.807) is 7.11 Å². The minimum Gasteiger partial charge on any atom is -0.490 e. The molecule has 6 heteroatoms. The largest absolute Gasteiger partial charge is 0.490 e. The predicted octanol–water partition coefficient (Wildman–Crippen LogP) is 3.27. The van der Waals surface area contributed by atoms with E-state index < -0.39 is 0 Å². The Labute approximate surface area is 125 Å². The van der Waals surface area contributed by atoms with E-state index in [1.807, 2.05) is 31.2 Å². The SMILES string of the molecule is CCNc1ncnc(Nc2cccc(I)c2)c1OC. The normalized spacial score (nSPS) is 10.1. The molecule has 0 atom stereocenters. The van der Waals surface area contributed by atoms with E-state index in [4.69, 9.17) is 4.74 Å². The molecule has 1 aromatic carbocycles. The average Bonchev–Trinajstić information content (AvgIpc) is 2.39. The van der Waals surface area contributed by atoms with Gasteiger partial charge in [0.2, 0.25) is 5.75 Å². The highest BCUT2D eigenvalue weighted by molar-refractivity contribution is 14.1. The van der Waals surface area contributed by atoms with Crippen molar-refractivity contribution >= 4 is 39.9 Å². The van der Waals surface area contributed by atoms with Crippen LogP contribution >= 0.6 is 22.6 Å². The number of rotatable bonds is 5.